The molecule has 0 atom stereocenters. The quantitative estimate of drug-likeness (QED) is 0.883. The normalized spacial score (nSPS) is 16.2. The number of amides is 1. The summed E-state index contributed by atoms with van der Waals surface area (Å²) in [6.07, 6.45) is 6.66. The van der Waals surface area contributed by atoms with Crippen LogP contribution < -0.4 is 5.32 Å². The van der Waals surface area contributed by atoms with Crippen molar-refractivity contribution in [2.24, 2.45) is 0 Å². The molecule has 3 rings (SSSR count). The molecule has 1 aliphatic carbocycles. The highest BCUT2D eigenvalue weighted by atomic mass is 19.1. The lowest BCUT2D eigenvalue weighted by Gasteiger charge is -2.14. The number of nitrogens with zero attached hydrogens (tertiary/aromatic N) is 2. The van der Waals surface area contributed by atoms with Gasteiger partial charge in [0, 0.05) is 11.6 Å². The summed E-state index contributed by atoms with van der Waals surface area (Å²) in [5.74, 6) is -0.684. The van der Waals surface area contributed by atoms with Crippen LogP contribution in [0.5, 0.6) is 0 Å². The first-order valence-corrected chi connectivity index (χ1v) is 7.63. The number of carbonyl (C=O) groups is 1. The van der Waals surface area contributed by atoms with E-state index < -0.39 is 0 Å². The summed E-state index contributed by atoms with van der Waals surface area (Å²) in [5, 5.41) is 10.5. The zero-order valence-corrected chi connectivity index (χ0v) is 12.2. The van der Waals surface area contributed by atoms with Crippen molar-refractivity contribution >= 4 is 5.91 Å². The molecule has 1 fully saturated rings. The van der Waals surface area contributed by atoms with Crippen molar-refractivity contribution < 1.29 is 13.6 Å². The van der Waals surface area contributed by atoms with Crippen LogP contribution in [0.2, 0.25) is 0 Å². The molecule has 0 unspecified atom stereocenters. The van der Waals surface area contributed by atoms with E-state index in [1.54, 1.807) is 12.1 Å². The third-order valence-corrected chi connectivity index (χ3v) is 3.88. The fourth-order valence-electron chi connectivity index (χ4n) is 2.72. The van der Waals surface area contributed by atoms with Crippen LogP contribution in [0.1, 0.15) is 49.2 Å². The van der Waals surface area contributed by atoms with Gasteiger partial charge in [-0.1, -0.05) is 31.7 Å². The molecular formula is C16H18FN3O2. The summed E-state index contributed by atoms with van der Waals surface area (Å²) in [7, 11) is 0. The molecule has 5 nitrogen and oxygen atoms in total. The number of halogens is 1. The van der Waals surface area contributed by atoms with Gasteiger partial charge in [-0.3, -0.25) is 4.79 Å². The van der Waals surface area contributed by atoms with Crippen LogP contribution in [-0.2, 0) is 0 Å². The standard InChI is InChI=1S/C16H18FN3O2/c17-12-7-5-6-11(10-12)15-19-20-16(22-15)14(21)18-13-8-3-1-2-4-9-13/h5-7,10,13H,1-4,8-9H2,(H,18,21). The second-order valence-electron chi connectivity index (χ2n) is 5.58. The van der Waals surface area contributed by atoms with Crippen LogP contribution >= 0.6 is 0 Å². The van der Waals surface area contributed by atoms with E-state index in [2.05, 4.69) is 15.5 Å². The molecule has 0 spiro atoms. The Morgan fingerprint density at radius 1 is 1.18 bits per heavy atom. The molecule has 1 saturated carbocycles. The Bertz CT molecular complexity index is 648. The Morgan fingerprint density at radius 2 is 1.95 bits per heavy atom. The zero-order chi connectivity index (χ0) is 15.4. The topological polar surface area (TPSA) is 68.0 Å². The summed E-state index contributed by atoms with van der Waals surface area (Å²) in [4.78, 5) is 12.2. The zero-order valence-electron chi connectivity index (χ0n) is 12.2. The van der Waals surface area contributed by atoms with E-state index in [0.717, 1.165) is 25.7 Å². The molecule has 1 aromatic heterocycles. The number of rotatable bonds is 3. The van der Waals surface area contributed by atoms with Gasteiger partial charge in [0.2, 0.25) is 5.89 Å². The van der Waals surface area contributed by atoms with Crippen molar-refractivity contribution in [3.8, 4) is 11.5 Å². The maximum atomic E-state index is 13.2. The molecule has 0 aliphatic heterocycles. The highest BCUT2D eigenvalue weighted by Gasteiger charge is 2.20. The molecule has 1 heterocycles. The third kappa shape index (κ3) is 3.50. The smallest absolute Gasteiger partial charge is 0.309 e. The maximum absolute atomic E-state index is 13.2. The molecule has 1 aromatic carbocycles. The van der Waals surface area contributed by atoms with Crippen LogP contribution in [0.25, 0.3) is 11.5 Å². The van der Waals surface area contributed by atoms with Gasteiger partial charge in [0.1, 0.15) is 5.82 Å². The molecule has 6 heteroatoms. The van der Waals surface area contributed by atoms with Gasteiger partial charge in [0.05, 0.1) is 0 Å². The van der Waals surface area contributed by atoms with Gasteiger partial charge in [-0.2, -0.15) is 0 Å². The lowest BCUT2D eigenvalue weighted by Crippen LogP contribution is -2.34. The van der Waals surface area contributed by atoms with Gasteiger partial charge >= 0.3 is 11.8 Å². The third-order valence-electron chi connectivity index (χ3n) is 3.88. The Hall–Kier alpha value is -2.24. The Balaban J connectivity index is 1.68. The van der Waals surface area contributed by atoms with E-state index in [-0.39, 0.29) is 29.5 Å². The molecule has 22 heavy (non-hydrogen) atoms. The largest absolute Gasteiger partial charge is 0.412 e. The summed E-state index contributed by atoms with van der Waals surface area (Å²) >= 11 is 0. The van der Waals surface area contributed by atoms with Crippen LogP contribution in [-0.4, -0.2) is 22.1 Å². The van der Waals surface area contributed by atoms with Crippen LogP contribution in [0.3, 0.4) is 0 Å². The van der Waals surface area contributed by atoms with Gasteiger partial charge in [-0.15, -0.1) is 10.2 Å². The first-order chi connectivity index (χ1) is 10.7. The molecule has 0 bridgehead atoms. The number of aromatic nitrogens is 2. The Labute approximate surface area is 127 Å². The lowest BCUT2D eigenvalue weighted by atomic mass is 10.1. The SMILES string of the molecule is O=C(NC1CCCCCC1)c1nnc(-c2cccc(F)c2)o1. The molecule has 2 aromatic rings. The molecule has 0 saturated heterocycles. The first kappa shape index (κ1) is 14.7. The Morgan fingerprint density at radius 3 is 2.68 bits per heavy atom. The molecule has 1 aliphatic rings. The first-order valence-electron chi connectivity index (χ1n) is 7.63. The highest BCUT2D eigenvalue weighted by molar-refractivity contribution is 5.89. The van der Waals surface area contributed by atoms with Gasteiger partial charge in [0.25, 0.3) is 0 Å². The molecule has 0 radical (unpaired) electrons. The average Bonchev–Trinajstić information content (AvgIpc) is 2.87. The second-order valence-corrected chi connectivity index (χ2v) is 5.58. The minimum absolute atomic E-state index is 0.0801. The van der Waals surface area contributed by atoms with Crippen molar-refractivity contribution in [3.05, 3.63) is 36.0 Å². The average molecular weight is 303 g/mol. The lowest BCUT2D eigenvalue weighted by molar-refractivity contribution is 0.0899. The minimum Gasteiger partial charge on any atom is -0.412 e. The summed E-state index contributed by atoms with van der Waals surface area (Å²) in [5.41, 5.74) is 0.459. The van der Waals surface area contributed by atoms with E-state index >= 15 is 0 Å². The van der Waals surface area contributed by atoms with Gasteiger partial charge in [-0.25, -0.2) is 4.39 Å². The van der Waals surface area contributed by atoms with Crippen LogP contribution in [0.4, 0.5) is 4.39 Å². The summed E-state index contributed by atoms with van der Waals surface area (Å²) in [6.45, 7) is 0. The number of benzene rings is 1. The number of nitrogens with one attached hydrogen (secondary N) is 1. The number of hydrogen-bond acceptors (Lipinski definition) is 4. The number of hydrogen-bond donors (Lipinski definition) is 1. The van der Waals surface area contributed by atoms with Crippen molar-refractivity contribution in [2.75, 3.05) is 0 Å². The van der Waals surface area contributed by atoms with E-state index in [4.69, 9.17) is 4.42 Å². The monoisotopic (exact) mass is 303 g/mol. The molecule has 116 valence electrons. The van der Waals surface area contributed by atoms with E-state index in [1.165, 1.54) is 25.0 Å². The van der Waals surface area contributed by atoms with Crippen molar-refractivity contribution in [1.29, 1.82) is 0 Å². The fraction of sp³-hybridized carbons (Fsp3) is 0.438. The van der Waals surface area contributed by atoms with Gasteiger partial charge < -0.3 is 9.73 Å². The van der Waals surface area contributed by atoms with Crippen molar-refractivity contribution in [3.63, 3.8) is 0 Å². The number of carbonyl (C=O) groups excluding carboxylic acids is 1. The predicted molar refractivity (Wildman–Crippen MR) is 78.6 cm³/mol. The molecular weight excluding hydrogens is 285 g/mol. The van der Waals surface area contributed by atoms with Crippen molar-refractivity contribution in [1.82, 2.24) is 15.5 Å². The van der Waals surface area contributed by atoms with Gasteiger partial charge in [-0.05, 0) is 31.0 Å². The van der Waals surface area contributed by atoms with E-state index in [0.29, 0.717) is 5.56 Å². The predicted octanol–water partition coefficient (Wildman–Crippen LogP) is 3.33. The van der Waals surface area contributed by atoms with Crippen LogP contribution in [0.15, 0.2) is 28.7 Å². The molecule has 1 N–H and O–H groups in total. The highest BCUT2D eigenvalue weighted by Crippen LogP contribution is 2.20. The fourth-order valence-corrected chi connectivity index (χ4v) is 2.72. The van der Waals surface area contributed by atoms with Crippen LogP contribution in [0, 0.1) is 5.82 Å². The van der Waals surface area contributed by atoms with Gasteiger partial charge in [0.15, 0.2) is 0 Å². The second kappa shape index (κ2) is 6.68. The maximum Gasteiger partial charge on any atom is 0.309 e. The molecule has 1 amide bonds. The van der Waals surface area contributed by atoms with E-state index in [1.807, 2.05) is 0 Å². The Kier molecular flexibility index (Phi) is 4.46. The van der Waals surface area contributed by atoms with Crippen molar-refractivity contribution in [2.45, 2.75) is 44.6 Å². The minimum atomic E-state index is -0.389. The van der Waals surface area contributed by atoms with E-state index in [9.17, 15) is 9.18 Å². The summed E-state index contributed by atoms with van der Waals surface area (Å²) < 4.78 is 18.6. The summed E-state index contributed by atoms with van der Waals surface area (Å²) in [6, 6.07) is 6.00.